The second-order valence-corrected chi connectivity index (χ2v) is 8.19. The van der Waals surface area contributed by atoms with Crippen LogP contribution in [-0.2, 0) is 11.2 Å². The van der Waals surface area contributed by atoms with Gasteiger partial charge in [-0.2, -0.15) is 0 Å². The van der Waals surface area contributed by atoms with Crippen LogP contribution < -0.4 is 0 Å². The molecule has 0 saturated heterocycles. The van der Waals surface area contributed by atoms with E-state index in [4.69, 9.17) is 16.3 Å². The van der Waals surface area contributed by atoms with Crippen molar-refractivity contribution in [2.75, 3.05) is 13.4 Å². The van der Waals surface area contributed by atoms with Crippen LogP contribution in [0, 0.1) is 0 Å². The lowest BCUT2D eigenvalue weighted by Gasteiger charge is -2.18. The first-order valence-electron chi connectivity index (χ1n) is 6.06. The zero-order valence-corrected chi connectivity index (χ0v) is 13.7. The molecular weight excluding hydrogens is 296 g/mol. The van der Waals surface area contributed by atoms with Crippen molar-refractivity contribution in [3.63, 3.8) is 0 Å². The van der Waals surface area contributed by atoms with Crippen LogP contribution in [-0.4, -0.2) is 18.7 Å². The van der Waals surface area contributed by atoms with Gasteiger partial charge in [0.05, 0.1) is 7.11 Å². The van der Waals surface area contributed by atoms with E-state index in [1.807, 2.05) is 22.9 Å². The Morgan fingerprint density at radius 2 is 2.16 bits per heavy atom. The average molecular weight is 313 g/mol. The van der Waals surface area contributed by atoms with Gasteiger partial charge in [-0.3, -0.25) is 0 Å². The highest BCUT2D eigenvalue weighted by atomic mass is 35.5. The molecule has 1 aliphatic heterocycles. The van der Waals surface area contributed by atoms with Crippen molar-refractivity contribution in [3.8, 4) is 0 Å². The molecule has 0 bridgehead atoms. The molecule has 0 amide bonds. The number of aryl methyl sites for hydroxylation is 1. The quantitative estimate of drug-likeness (QED) is 0.562. The molecule has 0 fully saturated rings. The number of methoxy groups -OCH3 is 1. The van der Waals surface area contributed by atoms with Gasteiger partial charge in [-0.25, -0.2) is 0 Å². The van der Waals surface area contributed by atoms with Crippen molar-refractivity contribution in [1.82, 2.24) is 0 Å². The molecule has 1 unspecified atom stereocenters. The first-order valence-corrected chi connectivity index (χ1v) is 9.47. The third-order valence-electron chi connectivity index (χ3n) is 2.98. The van der Waals surface area contributed by atoms with Crippen LogP contribution in [0.1, 0.15) is 18.1 Å². The topological polar surface area (TPSA) is 9.23 Å². The summed E-state index contributed by atoms with van der Waals surface area (Å²) in [6, 6.07) is 6.14. The minimum absolute atomic E-state index is 0.0549. The number of hydrogen-bond acceptors (Lipinski definition) is 2. The van der Waals surface area contributed by atoms with Crippen LogP contribution in [0.2, 0.25) is 5.02 Å². The van der Waals surface area contributed by atoms with E-state index < -0.39 is 0 Å². The van der Waals surface area contributed by atoms with Gasteiger partial charge >= 0.3 is 0 Å². The van der Waals surface area contributed by atoms with Crippen molar-refractivity contribution in [1.29, 1.82) is 0 Å². The number of rotatable bonds is 4. The SMILES string of the molecule is CCc1ccc(Cl)cc1C1=CC(OC)=CC=S1SC. The van der Waals surface area contributed by atoms with Gasteiger partial charge in [0, 0.05) is 9.93 Å². The Hall–Kier alpha value is -0.640. The first-order chi connectivity index (χ1) is 9.19. The molecule has 1 aromatic rings. The lowest BCUT2D eigenvalue weighted by Crippen LogP contribution is -1.96. The smallest absolute Gasteiger partial charge is 0.120 e. The molecule has 4 heteroatoms. The van der Waals surface area contributed by atoms with E-state index >= 15 is 0 Å². The Kier molecular flexibility index (Phi) is 5.20. The molecule has 0 aromatic heterocycles. The molecule has 0 N–H and O–H groups in total. The summed E-state index contributed by atoms with van der Waals surface area (Å²) >= 11 is 6.17. The summed E-state index contributed by atoms with van der Waals surface area (Å²) in [7, 11) is 3.61. The monoisotopic (exact) mass is 312 g/mol. The lowest BCUT2D eigenvalue weighted by atomic mass is 10.0. The van der Waals surface area contributed by atoms with E-state index in [-0.39, 0.29) is 9.52 Å². The molecule has 102 valence electrons. The van der Waals surface area contributed by atoms with Gasteiger partial charge in [0.25, 0.3) is 0 Å². The van der Waals surface area contributed by atoms with Gasteiger partial charge in [0.1, 0.15) is 5.76 Å². The Morgan fingerprint density at radius 1 is 1.37 bits per heavy atom. The van der Waals surface area contributed by atoms with Crippen LogP contribution in [0.15, 0.2) is 36.1 Å². The minimum atomic E-state index is 0.0549. The van der Waals surface area contributed by atoms with Crippen LogP contribution >= 0.6 is 31.9 Å². The van der Waals surface area contributed by atoms with Gasteiger partial charge in [0.15, 0.2) is 0 Å². The molecular formula is C15H17ClOS2. The highest BCUT2D eigenvalue weighted by molar-refractivity contribution is 8.86. The number of benzene rings is 1. The second-order valence-electron chi connectivity index (χ2n) is 4.04. The van der Waals surface area contributed by atoms with Crippen LogP contribution in [0.25, 0.3) is 4.91 Å². The Morgan fingerprint density at radius 3 is 2.79 bits per heavy atom. The Labute approximate surface area is 126 Å². The fraction of sp³-hybridized carbons (Fsp3) is 0.267. The minimum Gasteiger partial charge on any atom is -0.497 e. The van der Waals surface area contributed by atoms with E-state index in [1.165, 1.54) is 16.0 Å². The highest BCUT2D eigenvalue weighted by Crippen LogP contribution is 2.46. The normalized spacial score (nSPS) is 18.4. The van der Waals surface area contributed by atoms with Gasteiger partial charge < -0.3 is 4.74 Å². The average Bonchev–Trinajstić information content (AvgIpc) is 2.46. The van der Waals surface area contributed by atoms with Crippen molar-refractivity contribution in [2.45, 2.75) is 13.3 Å². The van der Waals surface area contributed by atoms with Gasteiger partial charge in [0.2, 0.25) is 0 Å². The fourth-order valence-corrected chi connectivity index (χ4v) is 4.94. The summed E-state index contributed by atoms with van der Waals surface area (Å²) in [6.45, 7) is 2.17. The van der Waals surface area contributed by atoms with E-state index in [0.29, 0.717) is 0 Å². The predicted octanol–water partition coefficient (Wildman–Crippen LogP) is 5.14. The van der Waals surface area contributed by atoms with Crippen molar-refractivity contribution < 1.29 is 4.74 Å². The molecule has 19 heavy (non-hydrogen) atoms. The summed E-state index contributed by atoms with van der Waals surface area (Å²) < 4.78 is 5.36. The lowest BCUT2D eigenvalue weighted by molar-refractivity contribution is 0.308. The molecule has 2 rings (SSSR count). The van der Waals surface area contributed by atoms with Gasteiger partial charge in [-0.05, 0) is 53.5 Å². The molecule has 1 aromatic carbocycles. The van der Waals surface area contributed by atoms with E-state index in [0.717, 1.165) is 17.2 Å². The van der Waals surface area contributed by atoms with Crippen molar-refractivity contribution in [2.24, 2.45) is 0 Å². The van der Waals surface area contributed by atoms with Crippen LogP contribution in [0.4, 0.5) is 0 Å². The zero-order chi connectivity index (χ0) is 13.8. The molecule has 1 heterocycles. The summed E-state index contributed by atoms with van der Waals surface area (Å²) in [5, 5.41) is 2.99. The maximum Gasteiger partial charge on any atom is 0.120 e. The third kappa shape index (κ3) is 3.28. The summed E-state index contributed by atoms with van der Waals surface area (Å²) in [6.07, 6.45) is 7.31. The molecule has 0 spiro atoms. The van der Waals surface area contributed by atoms with Gasteiger partial charge in [-0.1, -0.05) is 44.9 Å². The summed E-state index contributed by atoms with van der Waals surface area (Å²) in [5.74, 6) is 0.898. The molecule has 0 saturated carbocycles. The molecule has 0 radical (unpaired) electrons. The molecule has 1 aliphatic rings. The standard InChI is InChI=1S/C15H17ClOS2/c1-4-11-5-6-12(16)9-14(11)15-10-13(17-2)7-8-19(15)18-3/h5-10H,4H2,1-3H3. The maximum absolute atomic E-state index is 6.17. The number of ether oxygens (including phenoxy) is 1. The van der Waals surface area contributed by atoms with Gasteiger partial charge in [-0.15, -0.1) is 0 Å². The van der Waals surface area contributed by atoms with Crippen LogP contribution in [0.5, 0.6) is 0 Å². The number of hydrogen-bond donors (Lipinski definition) is 0. The van der Waals surface area contributed by atoms with E-state index in [1.54, 1.807) is 7.11 Å². The van der Waals surface area contributed by atoms with Crippen LogP contribution in [0.3, 0.4) is 0 Å². The molecule has 0 aliphatic carbocycles. The second kappa shape index (κ2) is 6.69. The molecule has 1 atom stereocenters. The first kappa shape index (κ1) is 14.8. The summed E-state index contributed by atoms with van der Waals surface area (Å²) in [4.78, 5) is 1.30. The van der Waals surface area contributed by atoms with Crippen molar-refractivity contribution in [3.05, 3.63) is 52.3 Å². The zero-order valence-electron chi connectivity index (χ0n) is 11.3. The van der Waals surface area contributed by atoms with E-state index in [2.05, 4.69) is 36.8 Å². The molecule has 1 nitrogen and oxygen atoms in total. The largest absolute Gasteiger partial charge is 0.497 e. The third-order valence-corrected chi connectivity index (χ3v) is 6.68. The maximum atomic E-state index is 6.17. The van der Waals surface area contributed by atoms with E-state index in [9.17, 15) is 0 Å². The number of allylic oxidation sites excluding steroid dienone is 2. The fourth-order valence-electron chi connectivity index (χ4n) is 1.98. The predicted molar refractivity (Wildman–Crippen MR) is 91.1 cm³/mol. The number of halogens is 1. The Bertz CT molecular complexity index is 574. The Balaban J connectivity index is 2.56. The van der Waals surface area contributed by atoms with Crippen molar-refractivity contribution >= 4 is 42.2 Å². The summed E-state index contributed by atoms with van der Waals surface area (Å²) in [5.41, 5.74) is 2.57. The highest BCUT2D eigenvalue weighted by Gasteiger charge is 2.14.